The van der Waals surface area contributed by atoms with Crippen LogP contribution in [0.3, 0.4) is 0 Å². The summed E-state index contributed by atoms with van der Waals surface area (Å²) in [5.41, 5.74) is 7.18. The Morgan fingerprint density at radius 1 is 1.12 bits per heavy atom. The molecule has 0 fully saturated rings. The number of para-hydroxylation sites is 1. The van der Waals surface area contributed by atoms with Crippen LogP contribution in [0.4, 0.5) is 0 Å². The molecule has 210 valence electrons. The van der Waals surface area contributed by atoms with Crippen LogP contribution in [0.5, 0.6) is 5.75 Å². The predicted molar refractivity (Wildman–Crippen MR) is 154 cm³/mol. The third kappa shape index (κ3) is 4.71. The van der Waals surface area contributed by atoms with Crippen molar-refractivity contribution in [3.05, 3.63) is 88.2 Å². The summed E-state index contributed by atoms with van der Waals surface area (Å²) >= 11 is 0. The number of carbonyl (C=O) groups is 2. The Hall–Kier alpha value is -4.66. The highest BCUT2D eigenvalue weighted by atomic mass is 16.5. The third-order valence-electron chi connectivity index (χ3n) is 7.99. The van der Waals surface area contributed by atoms with Crippen molar-refractivity contribution < 1.29 is 23.5 Å². The van der Waals surface area contributed by atoms with Gasteiger partial charge in [0.05, 0.1) is 20.1 Å². The first-order chi connectivity index (χ1) is 19.9. The topological polar surface area (TPSA) is 99.7 Å². The minimum Gasteiger partial charge on any atom is -0.494 e. The van der Waals surface area contributed by atoms with Gasteiger partial charge in [-0.2, -0.15) is 0 Å². The van der Waals surface area contributed by atoms with E-state index in [2.05, 4.69) is 22.4 Å². The van der Waals surface area contributed by atoms with E-state index in [1.54, 1.807) is 18.7 Å². The second-order valence-corrected chi connectivity index (χ2v) is 10.4. The summed E-state index contributed by atoms with van der Waals surface area (Å²) in [4.78, 5) is 28.3. The van der Waals surface area contributed by atoms with Gasteiger partial charge < -0.3 is 18.8 Å². The number of ether oxygens (including phenoxy) is 2. The fourth-order valence-electron chi connectivity index (χ4n) is 5.99. The van der Waals surface area contributed by atoms with Gasteiger partial charge in [0, 0.05) is 37.0 Å². The van der Waals surface area contributed by atoms with E-state index in [1.165, 1.54) is 0 Å². The summed E-state index contributed by atoms with van der Waals surface area (Å²) in [5, 5.41) is 9.42. The Bertz CT molecular complexity index is 1790. The number of furan rings is 1. The molecule has 2 aromatic heterocycles. The number of hydrogen-bond acceptors (Lipinski definition) is 7. The Morgan fingerprint density at radius 2 is 1.95 bits per heavy atom. The number of amides is 1. The van der Waals surface area contributed by atoms with Crippen LogP contribution in [0.1, 0.15) is 57.6 Å². The van der Waals surface area contributed by atoms with Crippen LogP contribution >= 0.6 is 0 Å². The van der Waals surface area contributed by atoms with Crippen LogP contribution in [0, 0.1) is 6.92 Å². The Kier molecular flexibility index (Phi) is 6.95. The van der Waals surface area contributed by atoms with Crippen molar-refractivity contribution in [2.24, 2.45) is 7.05 Å². The maximum Gasteiger partial charge on any atom is 0.306 e. The highest BCUT2D eigenvalue weighted by molar-refractivity contribution is 5.99. The molecule has 0 saturated carbocycles. The molecule has 41 heavy (non-hydrogen) atoms. The highest BCUT2D eigenvalue weighted by Crippen LogP contribution is 2.38. The highest BCUT2D eigenvalue weighted by Gasteiger charge is 2.30. The summed E-state index contributed by atoms with van der Waals surface area (Å²) in [6.07, 6.45) is 0.820. The summed E-state index contributed by atoms with van der Waals surface area (Å²) in [6, 6.07) is 17.7. The molecule has 6 rings (SSSR count). The molecule has 1 aliphatic rings. The quantitative estimate of drug-likeness (QED) is 0.252. The molecule has 0 spiro atoms. The van der Waals surface area contributed by atoms with Crippen molar-refractivity contribution in [3.8, 4) is 5.75 Å². The van der Waals surface area contributed by atoms with Gasteiger partial charge in [-0.25, -0.2) is 4.68 Å². The second kappa shape index (κ2) is 10.7. The van der Waals surface area contributed by atoms with Gasteiger partial charge in [0.25, 0.3) is 5.91 Å². The molecule has 1 amide bonds. The average Bonchev–Trinajstić information content (AvgIpc) is 3.54. The van der Waals surface area contributed by atoms with E-state index in [-0.39, 0.29) is 24.2 Å². The lowest BCUT2D eigenvalue weighted by Gasteiger charge is -2.31. The largest absolute Gasteiger partial charge is 0.494 e. The molecule has 3 aromatic carbocycles. The number of aromatic nitrogens is 3. The van der Waals surface area contributed by atoms with Gasteiger partial charge in [0.1, 0.15) is 22.4 Å². The standard InChI is InChI=1S/C32H32N4O5/c1-5-40-29(37)17-25(21-15-26-30(28(16-21)39-4)35(3)34-33-26)24-11-8-9-20-18-36(14-13-23(20)24)32(38)31-19(2)22-10-6-7-12-27(22)41-31/h6-12,15-16,25H,5,13-14,17-18H2,1-4H3. The molecular weight excluding hydrogens is 520 g/mol. The zero-order valence-electron chi connectivity index (χ0n) is 23.6. The first kappa shape index (κ1) is 26.6. The van der Waals surface area contributed by atoms with E-state index in [4.69, 9.17) is 13.9 Å². The minimum absolute atomic E-state index is 0.115. The maximum absolute atomic E-state index is 13.6. The number of rotatable bonds is 7. The van der Waals surface area contributed by atoms with Gasteiger partial charge in [-0.15, -0.1) is 5.10 Å². The van der Waals surface area contributed by atoms with E-state index < -0.39 is 0 Å². The fourth-order valence-corrected chi connectivity index (χ4v) is 5.99. The molecule has 0 aliphatic carbocycles. The molecular formula is C32H32N4O5. The molecule has 1 aliphatic heterocycles. The van der Waals surface area contributed by atoms with Gasteiger partial charge in [-0.3, -0.25) is 9.59 Å². The zero-order chi connectivity index (χ0) is 28.7. The fraction of sp³-hybridized carbons (Fsp3) is 0.312. The number of aryl methyl sites for hydroxylation is 2. The molecule has 0 N–H and O–H groups in total. The van der Waals surface area contributed by atoms with Gasteiger partial charge in [0.2, 0.25) is 0 Å². The van der Waals surface area contributed by atoms with E-state index in [1.807, 2.05) is 61.3 Å². The number of fused-ring (bicyclic) bond motifs is 3. The van der Waals surface area contributed by atoms with Gasteiger partial charge in [-0.1, -0.05) is 41.6 Å². The molecule has 0 radical (unpaired) electrons. The number of benzene rings is 3. The van der Waals surface area contributed by atoms with E-state index >= 15 is 0 Å². The van der Waals surface area contributed by atoms with E-state index in [0.717, 1.165) is 38.7 Å². The molecule has 9 heteroatoms. The summed E-state index contributed by atoms with van der Waals surface area (Å²) in [6.45, 7) is 5.04. The smallest absolute Gasteiger partial charge is 0.306 e. The number of carbonyl (C=O) groups excluding carboxylic acids is 2. The van der Waals surface area contributed by atoms with Crippen molar-refractivity contribution >= 4 is 33.9 Å². The van der Waals surface area contributed by atoms with Crippen LogP contribution in [-0.2, 0) is 29.5 Å². The van der Waals surface area contributed by atoms with Crippen molar-refractivity contribution in [1.29, 1.82) is 0 Å². The molecule has 0 saturated heterocycles. The second-order valence-electron chi connectivity index (χ2n) is 10.4. The summed E-state index contributed by atoms with van der Waals surface area (Å²) in [5.74, 6) is 0.345. The van der Waals surface area contributed by atoms with Crippen molar-refractivity contribution in [1.82, 2.24) is 19.9 Å². The Balaban J connectivity index is 1.37. The van der Waals surface area contributed by atoms with Crippen LogP contribution in [0.2, 0.25) is 0 Å². The molecule has 3 heterocycles. The number of nitrogens with zero attached hydrogens (tertiary/aromatic N) is 4. The van der Waals surface area contributed by atoms with Crippen LogP contribution in [0.15, 0.2) is 59.0 Å². The number of esters is 1. The lowest BCUT2D eigenvalue weighted by Crippen LogP contribution is -2.36. The Morgan fingerprint density at radius 3 is 2.73 bits per heavy atom. The monoisotopic (exact) mass is 552 g/mol. The zero-order valence-corrected chi connectivity index (χ0v) is 23.6. The molecule has 1 unspecified atom stereocenters. The molecule has 0 bridgehead atoms. The Labute approximate surface area is 237 Å². The predicted octanol–water partition coefficient (Wildman–Crippen LogP) is 5.32. The third-order valence-corrected chi connectivity index (χ3v) is 7.99. The summed E-state index contributed by atoms with van der Waals surface area (Å²) in [7, 11) is 3.44. The van der Waals surface area contributed by atoms with Crippen molar-refractivity contribution in [2.75, 3.05) is 20.3 Å². The lowest BCUT2D eigenvalue weighted by atomic mass is 9.82. The number of hydrogen-bond donors (Lipinski definition) is 0. The first-order valence-electron chi connectivity index (χ1n) is 13.8. The maximum atomic E-state index is 13.6. The summed E-state index contributed by atoms with van der Waals surface area (Å²) < 4.78 is 18.7. The lowest BCUT2D eigenvalue weighted by molar-refractivity contribution is -0.143. The van der Waals surface area contributed by atoms with Crippen LogP contribution in [0.25, 0.3) is 22.0 Å². The van der Waals surface area contributed by atoms with Gasteiger partial charge in [0.15, 0.2) is 5.76 Å². The normalized spacial score (nSPS) is 13.8. The van der Waals surface area contributed by atoms with E-state index in [9.17, 15) is 9.59 Å². The van der Waals surface area contributed by atoms with Crippen LogP contribution in [-0.4, -0.2) is 52.0 Å². The molecule has 5 aromatic rings. The SMILES string of the molecule is CCOC(=O)CC(c1cc(OC)c2c(c1)nnn2C)c1cccc2c1CCN(C(=O)c1oc3ccccc3c1C)C2. The van der Waals surface area contributed by atoms with E-state index in [0.29, 0.717) is 48.7 Å². The van der Waals surface area contributed by atoms with Crippen LogP contribution < -0.4 is 4.74 Å². The molecule has 1 atom stereocenters. The average molecular weight is 553 g/mol. The van der Waals surface area contributed by atoms with Gasteiger partial charge >= 0.3 is 5.97 Å². The van der Waals surface area contributed by atoms with Crippen molar-refractivity contribution in [3.63, 3.8) is 0 Å². The number of methoxy groups -OCH3 is 1. The molecule has 9 nitrogen and oxygen atoms in total. The minimum atomic E-state index is -0.288. The van der Waals surface area contributed by atoms with Crippen molar-refractivity contribution in [2.45, 2.75) is 39.2 Å². The van der Waals surface area contributed by atoms with Gasteiger partial charge in [-0.05, 0) is 60.7 Å². The first-order valence-corrected chi connectivity index (χ1v) is 13.8.